The molecule has 1 aromatic carbocycles. The molecule has 0 bridgehead atoms. The van der Waals surface area contributed by atoms with E-state index in [1.165, 1.54) is 16.2 Å². The van der Waals surface area contributed by atoms with E-state index in [1.54, 1.807) is 59.9 Å². The van der Waals surface area contributed by atoms with Gasteiger partial charge in [0.05, 0.1) is 43.5 Å². The molecule has 0 spiro atoms. The number of thiazole rings is 1. The highest BCUT2D eigenvalue weighted by molar-refractivity contribution is 7.84. The maximum Gasteiger partial charge on any atom is 0.411 e. The van der Waals surface area contributed by atoms with E-state index in [9.17, 15) is 18.6 Å². The minimum Gasteiger partial charge on any atom is -0.458 e. The standard InChI is InChI=1S/C31H46ClN3O7S2/c1-19-25(20-14-15-21(32)23(17-20)44(11)39)43-27(33-19)34-24(36)13-12-16-35(28(38)42-31(8,9)10)22(18-40-29(2,3)4)26(37)41-30(5,6)7/h14-15,17,22H,12-13,16,18H2,1-11H3,(H,33,34,36)/t22-,44?/m0/s1. The second-order valence-corrected chi connectivity index (χ2v) is 16.1. The fraction of sp³-hybridized carbons (Fsp3) is 0.613. The number of carbonyl (C=O) groups is 3. The first-order valence-electron chi connectivity index (χ1n) is 14.3. The Hall–Kier alpha value is -2.54. The molecule has 0 radical (unpaired) electrons. The minimum absolute atomic E-state index is 0.0452. The van der Waals surface area contributed by atoms with Gasteiger partial charge in [0.25, 0.3) is 0 Å². The molecule has 0 aliphatic heterocycles. The number of esters is 1. The lowest BCUT2D eigenvalue weighted by molar-refractivity contribution is -0.165. The summed E-state index contributed by atoms with van der Waals surface area (Å²) in [6.45, 7) is 17.8. The molecule has 0 aliphatic rings. The molecule has 44 heavy (non-hydrogen) atoms. The molecule has 1 heterocycles. The van der Waals surface area contributed by atoms with Crippen molar-refractivity contribution >= 4 is 56.8 Å². The molecule has 0 aliphatic carbocycles. The fourth-order valence-corrected chi connectivity index (χ4v) is 5.91. The van der Waals surface area contributed by atoms with E-state index in [-0.39, 0.29) is 31.9 Å². The number of hydrogen-bond donors (Lipinski definition) is 1. The zero-order chi connectivity index (χ0) is 33.6. The van der Waals surface area contributed by atoms with Crippen LogP contribution in [0.25, 0.3) is 10.4 Å². The number of halogens is 1. The molecule has 2 rings (SSSR count). The summed E-state index contributed by atoms with van der Waals surface area (Å²) in [6.07, 6.45) is 1.14. The van der Waals surface area contributed by atoms with Gasteiger partial charge in [0.15, 0.2) is 11.2 Å². The molecular formula is C31H46ClN3O7S2. The molecule has 2 atom stereocenters. The van der Waals surface area contributed by atoms with Crippen molar-refractivity contribution in [2.45, 2.75) is 110 Å². The molecule has 1 N–H and O–H groups in total. The summed E-state index contributed by atoms with van der Waals surface area (Å²) in [6, 6.07) is 4.19. The molecule has 10 nitrogen and oxygen atoms in total. The van der Waals surface area contributed by atoms with E-state index < -0.39 is 45.7 Å². The highest BCUT2D eigenvalue weighted by atomic mass is 35.5. The molecule has 1 aromatic heterocycles. The van der Waals surface area contributed by atoms with E-state index in [0.717, 1.165) is 10.4 Å². The van der Waals surface area contributed by atoms with Gasteiger partial charge in [-0.3, -0.25) is 13.9 Å². The first-order chi connectivity index (χ1) is 20.1. The number of nitrogens with one attached hydrogen (secondary N) is 1. The molecular weight excluding hydrogens is 626 g/mol. The molecule has 13 heteroatoms. The van der Waals surface area contributed by atoms with Gasteiger partial charge in [0, 0.05) is 19.2 Å². The summed E-state index contributed by atoms with van der Waals surface area (Å²) in [5.74, 6) is -0.930. The zero-order valence-corrected chi connectivity index (χ0v) is 30.0. The van der Waals surface area contributed by atoms with Crippen molar-refractivity contribution in [1.29, 1.82) is 0 Å². The van der Waals surface area contributed by atoms with Gasteiger partial charge in [-0.15, -0.1) is 0 Å². The number of benzene rings is 1. The van der Waals surface area contributed by atoms with Crippen molar-refractivity contribution in [3.8, 4) is 10.4 Å². The third-order valence-corrected chi connectivity index (χ3v) is 8.23. The molecule has 1 unspecified atom stereocenters. The zero-order valence-electron chi connectivity index (χ0n) is 27.6. The topological polar surface area (TPSA) is 124 Å². The van der Waals surface area contributed by atoms with Crippen molar-refractivity contribution in [3.63, 3.8) is 0 Å². The first-order valence-corrected chi connectivity index (χ1v) is 17.1. The largest absolute Gasteiger partial charge is 0.458 e. The molecule has 0 saturated heterocycles. The van der Waals surface area contributed by atoms with Crippen LogP contribution < -0.4 is 5.32 Å². The van der Waals surface area contributed by atoms with Crippen LogP contribution in [0.2, 0.25) is 5.02 Å². The van der Waals surface area contributed by atoms with Crippen LogP contribution >= 0.6 is 22.9 Å². The van der Waals surface area contributed by atoms with Gasteiger partial charge < -0.3 is 19.5 Å². The van der Waals surface area contributed by atoms with Crippen LogP contribution in [0.1, 0.15) is 80.8 Å². The normalized spacial score (nSPS) is 13.6. The Labute approximate surface area is 272 Å². The Kier molecular flexibility index (Phi) is 13.0. The van der Waals surface area contributed by atoms with Gasteiger partial charge in [-0.1, -0.05) is 29.0 Å². The summed E-state index contributed by atoms with van der Waals surface area (Å²) in [7, 11) is -1.26. The van der Waals surface area contributed by atoms with E-state index in [0.29, 0.717) is 20.7 Å². The second kappa shape index (κ2) is 15.2. The smallest absolute Gasteiger partial charge is 0.411 e. The molecule has 2 aromatic rings. The average molecular weight is 672 g/mol. The second-order valence-electron chi connectivity index (χ2n) is 13.3. The molecule has 246 valence electrons. The van der Waals surface area contributed by atoms with Crippen LogP contribution in [0.5, 0.6) is 0 Å². The van der Waals surface area contributed by atoms with Gasteiger partial charge in [0.1, 0.15) is 11.2 Å². The van der Waals surface area contributed by atoms with Crippen molar-refractivity contribution in [2.24, 2.45) is 0 Å². The van der Waals surface area contributed by atoms with Gasteiger partial charge in [-0.05, 0) is 93.4 Å². The Morgan fingerprint density at radius 1 is 1.02 bits per heavy atom. The quantitative estimate of drug-likeness (QED) is 0.254. The Bertz CT molecular complexity index is 1360. The number of rotatable bonds is 11. The SMILES string of the molecule is Cc1nc(NC(=O)CCCN(C(=O)OC(C)(C)C)[C@@H](COC(C)(C)C)C(=O)OC(C)(C)C)sc1-c1ccc(Cl)c(S(C)=O)c1. The van der Waals surface area contributed by atoms with Gasteiger partial charge in [0.2, 0.25) is 5.91 Å². The average Bonchev–Trinajstić information content (AvgIpc) is 3.19. The van der Waals surface area contributed by atoms with Crippen LogP contribution in [0, 0.1) is 6.92 Å². The highest BCUT2D eigenvalue weighted by Gasteiger charge is 2.37. The van der Waals surface area contributed by atoms with Crippen LogP contribution in [0.15, 0.2) is 23.1 Å². The number of carbonyl (C=O) groups excluding carboxylic acids is 3. The number of hydrogen-bond acceptors (Lipinski definition) is 9. The predicted molar refractivity (Wildman–Crippen MR) is 176 cm³/mol. The molecule has 2 amide bonds. The number of amides is 2. The van der Waals surface area contributed by atoms with E-state index in [1.807, 2.05) is 33.8 Å². The lowest BCUT2D eigenvalue weighted by Crippen LogP contribution is -2.52. The predicted octanol–water partition coefficient (Wildman–Crippen LogP) is 6.99. The Balaban J connectivity index is 2.21. The number of anilines is 1. The fourth-order valence-electron chi connectivity index (χ4n) is 3.85. The van der Waals surface area contributed by atoms with Crippen molar-refractivity contribution in [3.05, 3.63) is 28.9 Å². The number of aryl methyl sites for hydroxylation is 1. The number of aromatic nitrogens is 1. The Morgan fingerprint density at radius 3 is 2.18 bits per heavy atom. The summed E-state index contributed by atoms with van der Waals surface area (Å²) < 4.78 is 29.2. The van der Waals surface area contributed by atoms with Crippen LogP contribution in [0.4, 0.5) is 9.93 Å². The van der Waals surface area contributed by atoms with Gasteiger partial charge in [-0.25, -0.2) is 14.6 Å². The number of nitrogens with zero attached hydrogens (tertiary/aromatic N) is 2. The first kappa shape index (κ1) is 37.6. The van der Waals surface area contributed by atoms with Crippen molar-refractivity contribution < 1.29 is 32.8 Å². The lowest BCUT2D eigenvalue weighted by Gasteiger charge is -2.35. The van der Waals surface area contributed by atoms with Crippen LogP contribution in [-0.2, 0) is 34.6 Å². The van der Waals surface area contributed by atoms with Crippen molar-refractivity contribution in [1.82, 2.24) is 9.88 Å². The lowest BCUT2D eigenvalue weighted by atomic mass is 10.1. The van der Waals surface area contributed by atoms with Gasteiger partial charge in [-0.2, -0.15) is 0 Å². The summed E-state index contributed by atoms with van der Waals surface area (Å²) in [5.41, 5.74) is -0.675. The van der Waals surface area contributed by atoms with Gasteiger partial charge >= 0.3 is 12.1 Å². The third kappa shape index (κ3) is 12.5. The number of ether oxygens (including phenoxy) is 3. The summed E-state index contributed by atoms with van der Waals surface area (Å²) >= 11 is 7.48. The third-order valence-electron chi connectivity index (χ3n) is 5.71. The minimum atomic E-state index is -1.26. The highest BCUT2D eigenvalue weighted by Crippen LogP contribution is 2.35. The monoisotopic (exact) mass is 671 g/mol. The van der Waals surface area contributed by atoms with E-state index in [4.69, 9.17) is 25.8 Å². The molecule has 0 fully saturated rings. The van der Waals surface area contributed by atoms with Crippen LogP contribution in [-0.4, -0.2) is 74.3 Å². The summed E-state index contributed by atoms with van der Waals surface area (Å²) in [5, 5.41) is 3.65. The van der Waals surface area contributed by atoms with Crippen molar-refractivity contribution in [2.75, 3.05) is 24.7 Å². The molecule has 0 saturated carbocycles. The maximum absolute atomic E-state index is 13.3. The van der Waals surface area contributed by atoms with Crippen LogP contribution in [0.3, 0.4) is 0 Å². The van der Waals surface area contributed by atoms with E-state index in [2.05, 4.69) is 10.3 Å². The summed E-state index contributed by atoms with van der Waals surface area (Å²) in [4.78, 5) is 46.7. The Morgan fingerprint density at radius 2 is 1.64 bits per heavy atom. The maximum atomic E-state index is 13.3. The van der Waals surface area contributed by atoms with E-state index >= 15 is 0 Å².